The van der Waals surface area contributed by atoms with Crippen molar-refractivity contribution in [3.8, 4) is 0 Å². The van der Waals surface area contributed by atoms with Gasteiger partial charge in [0.25, 0.3) is 0 Å². The summed E-state index contributed by atoms with van der Waals surface area (Å²) in [7, 11) is 5.92. The second-order valence-electron chi connectivity index (χ2n) is 4.84. The van der Waals surface area contributed by atoms with Crippen LogP contribution in [0, 0.1) is 11.6 Å². The monoisotopic (exact) mass is 257 g/mol. The van der Waals surface area contributed by atoms with Crippen LogP contribution in [0.2, 0.25) is 0 Å². The van der Waals surface area contributed by atoms with Gasteiger partial charge in [-0.05, 0) is 27.2 Å². The molecule has 0 aliphatic rings. The van der Waals surface area contributed by atoms with Crippen LogP contribution in [0.4, 0.5) is 8.78 Å². The van der Waals surface area contributed by atoms with E-state index in [4.69, 9.17) is 5.73 Å². The first-order valence-electron chi connectivity index (χ1n) is 5.94. The standard InChI is InChI=1S/C13H21F2N3/c1-17(2)6-7-18(3)9-13(16)11-5-4-10(14)8-12(11)15/h4-5,8,13H,6-7,9,16H2,1-3H3. The molecule has 3 nitrogen and oxygen atoms in total. The molecular formula is C13H21F2N3. The molecule has 0 amide bonds. The van der Waals surface area contributed by atoms with Gasteiger partial charge in [0.1, 0.15) is 11.6 Å². The SMILES string of the molecule is CN(C)CCN(C)CC(N)c1ccc(F)cc1F. The molecule has 0 radical (unpaired) electrons. The smallest absolute Gasteiger partial charge is 0.130 e. The lowest BCUT2D eigenvalue weighted by atomic mass is 10.1. The summed E-state index contributed by atoms with van der Waals surface area (Å²) < 4.78 is 26.3. The zero-order valence-corrected chi connectivity index (χ0v) is 11.2. The van der Waals surface area contributed by atoms with Crippen molar-refractivity contribution >= 4 is 0 Å². The third kappa shape index (κ3) is 4.68. The van der Waals surface area contributed by atoms with Crippen molar-refractivity contribution in [1.82, 2.24) is 9.80 Å². The maximum atomic E-state index is 13.5. The molecule has 1 rings (SSSR count). The van der Waals surface area contributed by atoms with E-state index >= 15 is 0 Å². The van der Waals surface area contributed by atoms with Crippen molar-refractivity contribution in [3.05, 3.63) is 35.4 Å². The van der Waals surface area contributed by atoms with Crippen LogP contribution in [0.1, 0.15) is 11.6 Å². The molecule has 0 aromatic heterocycles. The minimum Gasteiger partial charge on any atom is -0.323 e. The Bertz CT molecular complexity index is 382. The number of rotatable bonds is 6. The second kappa shape index (κ2) is 6.78. The largest absolute Gasteiger partial charge is 0.323 e. The van der Waals surface area contributed by atoms with E-state index in [2.05, 4.69) is 4.90 Å². The fourth-order valence-corrected chi connectivity index (χ4v) is 1.70. The van der Waals surface area contributed by atoms with Crippen molar-refractivity contribution in [2.45, 2.75) is 6.04 Å². The maximum absolute atomic E-state index is 13.5. The molecule has 0 saturated carbocycles. The van der Waals surface area contributed by atoms with Crippen molar-refractivity contribution in [1.29, 1.82) is 0 Å². The Morgan fingerprint density at radius 3 is 2.39 bits per heavy atom. The zero-order chi connectivity index (χ0) is 13.7. The van der Waals surface area contributed by atoms with Gasteiger partial charge >= 0.3 is 0 Å². The number of likely N-dealkylation sites (N-methyl/N-ethyl adjacent to an activating group) is 2. The van der Waals surface area contributed by atoms with Crippen LogP contribution in [0.3, 0.4) is 0 Å². The molecule has 1 aromatic rings. The summed E-state index contributed by atoms with van der Waals surface area (Å²) in [6, 6.07) is 3.07. The lowest BCUT2D eigenvalue weighted by molar-refractivity contribution is 0.268. The maximum Gasteiger partial charge on any atom is 0.130 e. The van der Waals surface area contributed by atoms with Crippen LogP contribution in [-0.2, 0) is 0 Å². The molecule has 18 heavy (non-hydrogen) atoms. The number of halogens is 2. The van der Waals surface area contributed by atoms with E-state index in [1.807, 2.05) is 26.0 Å². The molecule has 2 N–H and O–H groups in total. The number of nitrogens with two attached hydrogens (primary N) is 1. The van der Waals surface area contributed by atoms with Gasteiger partial charge in [0, 0.05) is 37.3 Å². The first kappa shape index (κ1) is 15.0. The summed E-state index contributed by atoms with van der Waals surface area (Å²) in [6.45, 7) is 2.30. The molecule has 0 bridgehead atoms. The highest BCUT2D eigenvalue weighted by Crippen LogP contribution is 2.16. The van der Waals surface area contributed by atoms with E-state index in [9.17, 15) is 8.78 Å². The molecule has 0 aliphatic carbocycles. The van der Waals surface area contributed by atoms with Gasteiger partial charge in [-0.3, -0.25) is 0 Å². The summed E-state index contributed by atoms with van der Waals surface area (Å²) in [4.78, 5) is 4.11. The summed E-state index contributed by atoms with van der Waals surface area (Å²) in [5.74, 6) is -1.16. The molecule has 0 heterocycles. The summed E-state index contributed by atoms with van der Waals surface area (Å²) in [5, 5.41) is 0. The Kier molecular flexibility index (Phi) is 5.65. The van der Waals surface area contributed by atoms with Gasteiger partial charge in [-0.15, -0.1) is 0 Å². The first-order chi connectivity index (χ1) is 8.40. The molecule has 0 fully saturated rings. The number of hydrogen-bond donors (Lipinski definition) is 1. The van der Waals surface area contributed by atoms with Crippen molar-refractivity contribution in [3.63, 3.8) is 0 Å². The Morgan fingerprint density at radius 1 is 1.17 bits per heavy atom. The third-order valence-electron chi connectivity index (χ3n) is 2.80. The molecule has 102 valence electrons. The minimum absolute atomic E-state index is 0.355. The molecule has 5 heteroatoms. The zero-order valence-electron chi connectivity index (χ0n) is 11.2. The Balaban J connectivity index is 2.56. The van der Waals surface area contributed by atoms with Gasteiger partial charge in [-0.1, -0.05) is 6.07 Å². The Morgan fingerprint density at radius 2 is 1.83 bits per heavy atom. The molecule has 1 aromatic carbocycles. The molecule has 1 atom stereocenters. The second-order valence-corrected chi connectivity index (χ2v) is 4.84. The highest BCUT2D eigenvalue weighted by Gasteiger charge is 2.14. The van der Waals surface area contributed by atoms with Gasteiger partial charge in [-0.2, -0.15) is 0 Å². The van der Waals surface area contributed by atoms with Crippen molar-refractivity contribution in [2.75, 3.05) is 40.8 Å². The molecule has 0 spiro atoms. The van der Waals surface area contributed by atoms with Gasteiger partial charge in [0.2, 0.25) is 0 Å². The quantitative estimate of drug-likeness (QED) is 0.837. The van der Waals surface area contributed by atoms with Gasteiger partial charge in [0.05, 0.1) is 0 Å². The van der Waals surface area contributed by atoms with Crippen LogP contribution in [0.15, 0.2) is 18.2 Å². The van der Waals surface area contributed by atoms with E-state index in [1.54, 1.807) is 0 Å². The predicted molar refractivity (Wildman–Crippen MR) is 69.3 cm³/mol. The molecule has 0 aliphatic heterocycles. The average molecular weight is 257 g/mol. The van der Waals surface area contributed by atoms with E-state index in [0.717, 1.165) is 19.2 Å². The highest BCUT2D eigenvalue weighted by molar-refractivity contribution is 5.22. The summed E-state index contributed by atoms with van der Waals surface area (Å²) in [5.41, 5.74) is 6.29. The van der Waals surface area contributed by atoms with Crippen molar-refractivity contribution < 1.29 is 8.78 Å². The topological polar surface area (TPSA) is 32.5 Å². The fraction of sp³-hybridized carbons (Fsp3) is 0.538. The normalized spacial score (nSPS) is 13.3. The number of benzene rings is 1. The lowest BCUT2D eigenvalue weighted by Gasteiger charge is -2.23. The lowest BCUT2D eigenvalue weighted by Crippen LogP contribution is -2.34. The van der Waals surface area contributed by atoms with E-state index in [1.165, 1.54) is 12.1 Å². The highest BCUT2D eigenvalue weighted by atomic mass is 19.1. The number of nitrogens with zero attached hydrogens (tertiary/aromatic N) is 2. The summed E-state index contributed by atoms with van der Waals surface area (Å²) >= 11 is 0. The van der Waals surface area contributed by atoms with Crippen molar-refractivity contribution in [2.24, 2.45) is 5.73 Å². The summed E-state index contributed by atoms with van der Waals surface area (Å²) in [6.07, 6.45) is 0. The Hall–Kier alpha value is -1.04. The van der Waals surface area contributed by atoms with E-state index in [-0.39, 0.29) is 0 Å². The van der Waals surface area contributed by atoms with Crippen LogP contribution in [0.5, 0.6) is 0 Å². The predicted octanol–water partition coefficient (Wildman–Crippen LogP) is 1.46. The van der Waals surface area contributed by atoms with E-state index < -0.39 is 17.7 Å². The van der Waals surface area contributed by atoms with E-state index in [0.29, 0.717) is 12.1 Å². The van der Waals surface area contributed by atoms with Gasteiger partial charge < -0.3 is 15.5 Å². The fourth-order valence-electron chi connectivity index (χ4n) is 1.70. The van der Waals surface area contributed by atoms with Crippen LogP contribution >= 0.6 is 0 Å². The molecule has 0 saturated heterocycles. The third-order valence-corrected chi connectivity index (χ3v) is 2.80. The Labute approximate surface area is 107 Å². The number of hydrogen-bond acceptors (Lipinski definition) is 3. The van der Waals surface area contributed by atoms with Crippen LogP contribution in [-0.4, -0.2) is 50.6 Å². The van der Waals surface area contributed by atoms with Gasteiger partial charge in [0.15, 0.2) is 0 Å². The van der Waals surface area contributed by atoms with Crippen LogP contribution in [0.25, 0.3) is 0 Å². The van der Waals surface area contributed by atoms with Gasteiger partial charge in [-0.25, -0.2) is 8.78 Å². The van der Waals surface area contributed by atoms with Crippen LogP contribution < -0.4 is 5.73 Å². The minimum atomic E-state index is -0.580. The molecular weight excluding hydrogens is 236 g/mol. The average Bonchev–Trinajstić information content (AvgIpc) is 2.26. The molecule has 1 unspecified atom stereocenters. The first-order valence-corrected chi connectivity index (χ1v) is 5.94.